The Morgan fingerprint density at radius 1 is 1.20 bits per heavy atom. The number of nitrogens with zero attached hydrogens (tertiary/aromatic N) is 1. The largest absolute Gasteiger partial charge is 0.456 e. The molecular formula is C11H7BrFNO. The third-order valence-electron chi connectivity index (χ3n) is 1.76. The molecule has 0 aliphatic rings. The zero-order valence-corrected chi connectivity index (χ0v) is 9.24. The van der Waals surface area contributed by atoms with Crippen LogP contribution in [0.5, 0.6) is 11.5 Å². The quantitative estimate of drug-likeness (QED) is 0.773. The van der Waals surface area contributed by atoms with Gasteiger partial charge in [-0.15, -0.1) is 0 Å². The predicted molar refractivity (Wildman–Crippen MR) is 58.4 cm³/mol. The van der Waals surface area contributed by atoms with Gasteiger partial charge < -0.3 is 4.74 Å². The van der Waals surface area contributed by atoms with Crippen molar-refractivity contribution in [3.63, 3.8) is 0 Å². The average Bonchev–Trinajstić information content (AvgIpc) is 2.22. The number of para-hydroxylation sites is 1. The fraction of sp³-hybridized carbons (Fsp3) is 0. The molecular weight excluding hydrogens is 261 g/mol. The molecule has 0 N–H and O–H groups in total. The smallest absolute Gasteiger partial charge is 0.216 e. The first kappa shape index (κ1) is 10.1. The molecule has 2 aromatic rings. The topological polar surface area (TPSA) is 22.1 Å². The number of benzene rings is 1. The molecule has 1 aromatic carbocycles. The molecule has 0 aliphatic heterocycles. The molecule has 0 spiro atoms. The van der Waals surface area contributed by atoms with E-state index in [-0.39, 0.29) is 0 Å². The van der Waals surface area contributed by atoms with Crippen molar-refractivity contribution in [1.29, 1.82) is 0 Å². The highest BCUT2D eigenvalue weighted by atomic mass is 79.9. The summed E-state index contributed by atoms with van der Waals surface area (Å²) >= 11 is 3.34. The van der Waals surface area contributed by atoms with E-state index in [4.69, 9.17) is 4.74 Å². The molecule has 1 aromatic heterocycles. The maximum Gasteiger partial charge on any atom is 0.216 e. The fourth-order valence-corrected chi connectivity index (χ4v) is 1.47. The minimum absolute atomic E-state index is 0.425. The number of halogens is 2. The molecule has 0 saturated carbocycles. The molecule has 0 bridgehead atoms. The summed E-state index contributed by atoms with van der Waals surface area (Å²) in [4.78, 5) is 3.45. The second-order valence-electron chi connectivity index (χ2n) is 2.85. The number of ether oxygens (including phenoxy) is 1. The highest BCUT2D eigenvalue weighted by Crippen LogP contribution is 2.28. The normalized spacial score (nSPS) is 10.0. The van der Waals surface area contributed by atoms with Crippen molar-refractivity contribution in [3.05, 3.63) is 53.0 Å². The van der Waals surface area contributed by atoms with Gasteiger partial charge in [0, 0.05) is 12.3 Å². The van der Waals surface area contributed by atoms with Crippen LogP contribution in [-0.2, 0) is 0 Å². The third-order valence-corrected chi connectivity index (χ3v) is 2.42. The van der Waals surface area contributed by atoms with Gasteiger partial charge in [-0.05, 0) is 34.1 Å². The highest BCUT2D eigenvalue weighted by Gasteiger charge is 2.02. The van der Waals surface area contributed by atoms with Crippen LogP contribution < -0.4 is 4.74 Å². The number of rotatable bonds is 2. The van der Waals surface area contributed by atoms with E-state index >= 15 is 0 Å². The standard InChI is InChI=1S/C11H7BrFNO/c12-9-3-1-2-4-10(9)15-8-5-6-14-11(13)7-8/h1-7H. The van der Waals surface area contributed by atoms with E-state index in [0.29, 0.717) is 11.5 Å². The second-order valence-corrected chi connectivity index (χ2v) is 3.70. The average molecular weight is 268 g/mol. The van der Waals surface area contributed by atoms with Crippen molar-refractivity contribution >= 4 is 15.9 Å². The molecule has 15 heavy (non-hydrogen) atoms. The highest BCUT2D eigenvalue weighted by molar-refractivity contribution is 9.10. The molecule has 76 valence electrons. The molecule has 0 fully saturated rings. The Kier molecular flexibility index (Phi) is 2.97. The van der Waals surface area contributed by atoms with E-state index in [2.05, 4.69) is 20.9 Å². The van der Waals surface area contributed by atoms with Crippen LogP contribution in [-0.4, -0.2) is 4.98 Å². The van der Waals surface area contributed by atoms with Crippen LogP contribution >= 0.6 is 15.9 Å². The van der Waals surface area contributed by atoms with E-state index in [1.807, 2.05) is 18.2 Å². The minimum Gasteiger partial charge on any atom is -0.456 e. The zero-order chi connectivity index (χ0) is 10.7. The Balaban J connectivity index is 2.26. The van der Waals surface area contributed by atoms with Crippen LogP contribution in [0.2, 0.25) is 0 Å². The Hall–Kier alpha value is -1.42. The van der Waals surface area contributed by atoms with Crippen molar-refractivity contribution in [3.8, 4) is 11.5 Å². The minimum atomic E-state index is -0.556. The van der Waals surface area contributed by atoms with Gasteiger partial charge in [-0.25, -0.2) is 4.98 Å². The molecule has 4 heteroatoms. The molecule has 0 atom stereocenters. The van der Waals surface area contributed by atoms with Crippen LogP contribution in [0.1, 0.15) is 0 Å². The Morgan fingerprint density at radius 2 is 2.00 bits per heavy atom. The van der Waals surface area contributed by atoms with Crippen LogP contribution in [0.3, 0.4) is 0 Å². The first-order chi connectivity index (χ1) is 7.25. The molecule has 2 nitrogen and oxygen atoms in total. The SMILES string of the molecule is Fc1cc(Oc2ccccc2Br)ccn1. The first-order valence-electron chi connectivity index (χ1n) is 4.29. The van der Waals surface area contributed by atoms with Crippen LogP contribution in [0.15, 0.2) is 47.1 Å². The summed E-state index contributed by atoms with van der Waals surface area (Å²) in [6, 6.07) is 10.2. The van der Waals surface area contributed by atoms with Gasteiger partial charge in [0.1, 0.15) is 11.5 Å². The predicted octanol–water partition coefficient (Wildman–Crippen LogP) is 3.78. The number of pyridine rings is 1. The molecule has 0 amide bonds. The lowest BCUT2D eigenvalue weighted by molar-refractivity contribution is 0.469. The van der Waals surface area contributed by atoms with Crippen LogP contribution in [0, 0.1) is 5.95 Å². The van der Waals surface area contributed by atoms with Gasteiger partial charge in [0.15, 0.2) is 0 Å². The lowest BCUT2D eigenvalue weighted by Gasteiger charge is -2.06. The molecule has 1 heterocycles. The van der Waals surface area contributed by atoms with Crippen molar-refractivity contribution in [2.24, 2.45) is 0 Å². The lowest BCUT2D eigenvalue weighted by atomic mass is 10.3. The summed E-state index contributed by atoms with van der Waals surface area (Å²) in [5, 5.41) is 0. The van der Waals surface area contributed by atoms with Crippen molar-refractivity contribution < 1.29 is 9.13 Å². The van der Waals surface area contributed by atoms with Gasteiger partial charge in [0.25, 0.3) is 0 Å². The van der Waals surface area contributed by atoms with Crippen LogP contribution in [0.4, 0.5) is 4.39 Å². The van der Waals surface area contributed by atoms with Gasteiger partial charge >= 0.3 is 0 Å². The first-order valence-corrected chi connectivity index (χ1v) is 5.09. The van der Waals surface area contributed by atoms with Gasteiger partial charge in [-0.3, -0.25) is 0 Å². The Labute approximate surface area is 94.9 Å². The Morgan fingerprint density at radius 3 is 2.73 bits per heavy atom. The number of hydrogen-bond donors (Lipinski definition) is 0. The lowest BCUT2D eigenvalue weighted by Crippen LogP contribution is -1.87. The van der Waals surface area contributed by atoms with E-state index in [1.54, 1.807) is 12.1 Å². The summed E-state index contributed by atoms with van der Waals surface area (Å²) in [5.74, 6) is 0.511. The van der Waals surface area contributed by atoms with E-state index < -0.39 is 5.95 Å². The molecule has 0 unspecified atom stereocenters. The monoisotopic (exact) mass is 267 g/mol. The third kappa shape index (κ3) is 2.53. The zero-order valence-electron chi connectivity index (χ0n) is 7.65. The van der Waals surface area contributed by atoms with Gasteiger partial charge in [-0.1, -0.05) is 12.1 Å². The van der Waals surface area contributed by atoms with E-state index in [0.717, 1.165) is 4.47 Å². The number of aromatic nitrogens is 1. The van der Waals surface area contributed by atoms with E-state index in [1.165, 1.54) is 12.3 Å². The summed E-state index contributed by atoms with van der Waals surface area (Å²) in [6.45, 7) is 0. The van der Waals surface area contributed by atoms with Crippen molar-refractivity contribution in [2.45, 2.75) is 0 Å². The molecule has 0 saturated heterocycles. The maximum absolute atomic E-state index is 12.8. The van der Waals surface area contributed by atoms with Gasteiger partial charge in [-0.2, -0.15) is 4.39 Å². The second kappa shape index (κ2) is 4.40. The van der Waals surface area contributed by atoms with E-state index in [9.17, 15) is 4.39 Å². The molecule has 0 aliphatic carbocycles. The van der Waals surface area contributed by atoms with Gasteiger partial charge in [0.05, 0.1) is 4.47 Å². The summed E-state index contributed by atoms with van der Waals surface area (Å²) in [6.07, 6.45) is 1.36. The summed E-state index contributed by atoms with van der Waals surface area (Å²) in [5.41, 5.74) is 0. The molecule has 2 rings (SSSR count). The fourth-order valence-electron chi connectivity index (χ4n) is 1.10. The summed E-state index contributed by atoms with van der Waals surface area (Å²) < 4.78 is 19.1. The van der Waals surface area contributed by atoms with Gasteiger partial charge in [0.2, 0.25) is 5.95 Å². The number of hydrogen-bond acceptors (Lipinski definition) is 2. The van der Waals surface area contributed by atoms with Crippen molar-refractivity contribution in [1.82, 2.24) is 4.98 Å². The summed E-state index contributed by atoms with van der Waals surface area (Å²) in [7, 11) is 0. The van der Waals surface area contributed by atoms with Crippen molar-refractivity contribution in [2.75, 3.05) is 0 Å². The maximum atomic E-state index is 12.8. The molecule has 0 radical (unpaired) electrons. The Bertz CT molecular complexity index is 476. The van der Waals surface area contributed by atoms with Crippen LogP contribution in [0.25, 0.3) is 0 Å².